The molecule has 0 unspecified atom stereocenters. The van der Waals surface area contributed by atoms with Crippen LogP contribution in [0.3, 0.4) is 0 Å². The molecule has 0 atom stereocenters. The van der Waals surface area contributed by atoms with E-state index < -0.39 is 0 Å². The summed E-state index contributed by atoms with van der Waals surface area (Å²) in [7, 11) is 0. The Bertz CT molecular complexity index is 552. The number of hydrogen-bond donors (Lipinski definition) is 1. The van der Waals surface area contributed by atoms with E-state index in [4.69, 9.17) is 0 Å². The number of nitrogens with one attached hydrogen (secondary N) is 1. The second-order valence-corrected chi connectivity index (χ2v) is 6.44. The zero-order valence-corrected chi connectivity index (χ0v) is 12.9. The van der Waals surface area contributed by atoms with Crippen LogP contribution < -0.4 is 5.32 Å². The Balaban J connectivity index is 2.63. The third kappa shape index (κ3) is 2.45. The third-order valence-electron chi connectivity index (χ3n) is 3.35. The highest BCUT2D eigenvalue weighted by atomic mass is 32.1. The fourth-order valence-electron chi connectivity index (χ4n) is 2.62. The molecule has 1 aromatic carbocycles. The molecule has 1 nitrogen and oxygen atoms in total. The third-order valence-corrected chi connectivity index (χ3v) is 4.70. The van der Waals surface area contributed by atoms with Crippen LogP contribution in [0.15, 0.2) is 12.1 Å². The lowest BCUT2D eigenvalue weighted by Gasteiger charge is -2.09. The lowest BCUT2D eigenvalue weighted by atomic mass is 9.97. The summed E-state index contributed by atoms with van der Waals surface area (Å²) >= 11 is 1.96. The Labute approximate surface area is 114 Å². The van der Waals surface area contributed by atoms with Gasteiger partial charge >= 0.3 is 0 Å². The van der Waals surface area contributed by atoms with Gasteiger partial charge in [0.25, 0.3) is 0 Å². The summed E-state index contributed by atoms with van der Waals surface area (Å²) in [4.78, 5) is 1.51. The first-order valence-corrected chi connectivity index (χ1v) is 7.59. The molecular formula is C16H23NS. The van der Waals surface area contributed by atoms with Gasteiger partial charge in [0.1, 0.15) is 0 Å². The van der Waals surface area contributed by atoms with Crippen LogP contribution in [0.2, 0.25) is 0 Å². The van der Waals surface area contributed by atoms with Gasteiger partial charge in [-0.25, -0.2) is 0 Å². The molecule has 1 aromatic heterocycles. The molecule has 1 heterocycles. The van der Waals surface area contributed by atoms with Crippen molar-refractivity contribution in [1.82, 2.24) is 5.32 Å². The summed E-state index contributed by atoms with van der Waals surface area (Å²) in [6.45, 7) is 13.2. The molecule has 0 amide bonds. The van der Waals surface area contributed by atoms with Gasteiger partial charge < -0.3 is 5.32 Å². The van der Waals surface area contributed by atoms with Gasteiger partial charge in [-0.3, -0.25) is 0 Å². The van der Waals surface area contributed by atoms with Crippen molar-refractivity contribution in [2.75, 3.05) is 6.54 Å². The lowest BCUT2D eigenvalue weighted by Crippen LogP contribution is -2.12. The van der Waals surface area contributed by atoms with E-state index in [1.165, 1.54) is 26.1 Å². The van der Waals surface area contributed by atoms with E-state index in [-0.39, 0.29) is 0 Å². The van der Waals surface area contributed by atoms with Crippen LogP contribution in [-0.4, -0.2) is 6.54 Å². The zero-order chi connectivity index (χ0) is 13.3. The highest BCUT2D eigenvalue weighted by Gasteiger charge is 2.16. The molecule has 0 saturated carbocycles. The molecule has 0 saturated heterocycles. The first-order valence-electron chi connectivity index (χ1n) is 6.77. The van der Waals surface area contributed by atoms with Crippen molar-refractivity contribution in [3.05, 3.63) is 33.7 Å². The van der Waals surface area contributed by atoms with Gasteiger partial charge in [-0.1, -0.05) is 38.5 Å². The molecule has 0 bridgehead atoms. The topological polar surface area (TPSA) is 12.0 Å². The Hall–Kier alpha value is -0.860. The maximum Gasteiger partial charge on any atom is 0.0378 e. The van der Waals surface area contributed by atoms with Crippen molar-refractivity contribution in [3.63, 3.8) is 0 Å². The smallest absolute Gasteiger partial charge is 0.0378 e. The minimum atomic E-state index is 0.591. The average Bonchev–Trinajstić information content (AvgIpc) is 2.64. The fourth-order valence-corrected chi connectivity index (χ4v) is 4.00. The molecule has 0 fully saturated rings. The van der Waals surface area contributed by atoms with Crippen LogP contribution in [-0.2, 0) is 6.54 Å². The molecule has 0 radical (unpaired) electrons. The maximum atomic E-state index is 3.47. The van der Waals surface area contributed by atoms with E-state index in [2.05, 4.69) is 52.1 Å². The molecule has 2 aromatic rings. The fraction of sp³-hybridized carbons (Fsp3) is 0.500. The van der Waals surface area contributed by atoms with Crippen LogP contribution in [0.4, 0.5) is 0 Å². The van der Waals surface area contributed by atoms with Crippen molar-refractivity contribution >= 4 is 21.4 Å². The standard InChI is InChI=1S/C16H23NS/c1-6-17-9-14-15(10(2)3)13-8-11(4)7-12(5)16(13)18-14/h7-8,10,17H,6,9H2,1-5H3. The Kier molecular flexibility index (Phi) is 4.08. The number of hydrogen-bond acceptors (Lipinski definition) is 2. The Morgan fingerprint density at radius 2 is 1.94 bits per heavy atom. The normalized spacial score (nSPS) is 11.7. The lowest BCUT2D eigenvalue weighted by molar-refractivity contribution is 0.723. The molecule has 2 rings (SSSR count). The van der Waals surface area contributed by atoms with Crippen LogP contribution in [0, 0.1) is 13.8 Å². The van der Waals surface area contributed by atoms with Crippen LogP contribution >= 0.6 is 11.3 Å². The van der Waals surface area contributed by atoms with Crippen LogP contribution in [0.25, 0.3) is 10.1 Å². The van der Waals surface area contributed by atoms with Gasteiger partial charge in [-0.2, -0.15) is 0 Å². The van der Waals surface area contributed by atoms with Crippen molar-refractivity contribution in [1.29, 1.82) is 0 Å². The quantitative estimate of drug-likeness (QED) is 0.837. The van der Waals surface area contributed by atoms with Gasteiger partial charge in [0.2, 0.25) is 0 Å². The summed E-state index contributed by atoms with van der Waals surface area (Å²) in [6.07, 6.45) is 0. The molecule has 0 aliphatic carbocycles. The number of fused-ring (bicyclic) bond motifs is 1. The van der Waals surface area contributed by atoms with Crippen LogP contribution in [0.5, 0.6) is 0 Å². The Morgan fingerprint density at radius 1 is 1.22 bits per heavy atom. The predicted molar refractivity (Wildman–Crippen MR) is 82.8 cm³/mol. The van der Waals surface area contributed by atoms with Gasteiger partial charge in [0.15, 0.2) is 0 Å². The molecule has 1 N–H and O–H groups in total. The largest absolute Gasteiger partial charge is 0.312 e. The Morgan fingerprint density at radius 3 is 2.56 bits per heavy atom. The van der Waals surface area contributed by atoms with Gasteiger partial charge in [-0.15, -0.1) is 11.3 Å². The summed E-state index contributed by atoms with van der Waals surface area (Å²) in [6, 6.07) is 4.64. The highest BCUT2D eigenvalue weighted by Crippen LogP contribution is 2.38. The molecule has 0 spiro atoms. The van der Waals surface area contributed by atoms with E-state index in [9.17, 15) is 0 Å². The molecule has 0 aliphatic heterocycles. The van der Waals surface area contributed by atoms with E-state index >= 15 is 0 Å². The molecule has 0 aliphatic rings. The molecular weight excluding hydrogens is 238 g/mol. The second kappa shape index (κ2) is 5.41. The average molecular weight is 261 g/mol. The zero-order valence-electron chi connectivity index (χ0n) is 12.1. The van der Waals surface area contributed by atoms with Crippen molar-refractivity contribution in [2.45, 2.75) is 47.1 Å². The van der Waals surface area contributed by atoms with E-state index in [0.717, 1.165) is 13.1 Å². The highest BCUT2D eigenvalue weighted by molar-refractivity contribution is 7.19. The molecule has 98 valence electrons. The number of aryl methyl sites for hydroxylation is 2. The minimum absolute atomic E-state index is 0.591. The summed E-state index contributed by atoms with van der Waals surface area (Å²) in [5.74, 6) is 0.591. The molecule has 18 heavy (non-hydrogen) atoms. The van der Waals surface area contributed by atoms with Crippen molar-refractivity contribution in [3.8, 4) is 0 Å². The first kappa shape index (κ1) is 13.6. The summed E-state index contributed by atoms with van der Waals surface area (Å²) in [5, 5.41) is 4.94. The summed E-state index contributed by atoms with van der Waals surface area (Å²) < 4.78 is 1.47. The predicted octanol–water partition coefficient (Wildman–Crippen LogP) is 4.75. The van der Waals surface area contributed by atoms with Gasteiger partial charge in [0, 0.05) is 16.1 Å². The number of thiophene rings is 1. The van der Waals surface area contributed by atoms with Crippen molar-refractivity contribution in [2.24, 2.45) is 0 Å². The monoisotopic (exact) mass is 261 g/mol. The van der Waals surface area contributed by atoms with Gasteiger partial charge in [0.05, 0.1) is 0 Å². The minimum Gasteiger partial charge on any atom is -0.312 e. The first-order chi connectivity index (χ1) is 8.54. The number of benzene rings is 1. The number of rotatable bonds is 4. The van der Waals surface area contributed by atoms with E-state index in [1.54, 1.807) is 5.56 Å². The summed E-state index contributed by atoms with van der Waals surface area (Å²) in [5.41, 5.74) is 4.33. The van der Waals surface area contributed by atoms with E-state index in [0.29, 0.717) is 5.92 Å². The van der Waals surface area contributed by atoms with Gasteiger partial charge in [-0.05, 0) is 42.8 Å². The molecule has 2 heteroatoms. The second-order valence-electron chi connectivity index (χ2n) is 5.33. The SMILES string of the molecule is CCNCc1sc2c(C)cc(C)cc2c1C(C)C. The van der Waals surface area contributed by atoms with E-state index in [1.807, 2.05) is 11.3 Å². The van der Waals surface area contributed by atoms with Crippen molar-refractivity contribution < 1.29 is 0 Å². The van der Waals surface area contributed by atoms with Crippen LogP contribution in [0.1, 0.15) is 48.3 Å². The maximum absolute atomic E-state index is 3.47.